The largest absolute Gasteiger partial charge is 0.468 e. The predicted octanol–water partition coefficient (Wildman–Crippen LogP) is 0.950. The maximum atomic E-state index is 12.6. The molecule has 0 bridgehead atoms. The van der Waals surface area contributed by atoms with Gasteiger partial charge in [0.05, 0.1) is 12.0 Å². The average molecular weight is 383 g/mol. The van der Waals surface area contributed by atoms with E-state index in [0.717, 1.165) is 19.3 Å². The normalized spacial score (nSPS) is 16.0. The molecule has 1 saturated heterocycles. The number of hydrogen-bond acceptors (Lipinski definition) is 5. The Labute approximate surface area is 153 Å². The lowest BCUT2D eigenvalue weighted by molar-refractivity contribution is -0.139. The molecular weight excluding hydrogens is 358 g/mol. The zero-order valence-corrected chi connectivity index (χ0v) is 15.6. The number of benzene rings is 1. The average Bonchev–Trinajstić information content (AvgIpc) is 2.67. The lowest BCUT2D eigenvalue weighted by atomic mass is 9.95. The molecule has 144 valence electrons. The van der Waals surface area contributed by atoms with Crippen LogP contribution in [0.1, 0.15) is 19.3 Å². The number of methoxy groups -OCH3 is 1. The molecule has 0 atom stereocenters. The van der Waals surface area contributed by atoms with Gasteiger partial charge in [0.1, 0.15) is 6.54 Å². The number of sulfonamides is 1. The second-order valence-corrected chi connectivity index (χ2v) is 8.07. The Morgan fingerprint density at radius 3 is 2.42 bits per heavy atom. The van der Waals surface area contributed by atoms with Gasteiger partial charge in [0.15, 0.2) is 0 Å². The summed E-state index contributed by atoms with van der Waals surface area (Å²) in [5.74, 6) is -0.148. The number of urea groups is 1. The van der Waals surface area contributed by atoms with Crippen LogP contribution in [0, 0.1) is 5.92 Å². The number of carbonyl (C=O) groups excluding carboxylic acids is 2. The van der Waals surface area contributed by atoms with Gasteiger partial charge >= 0.3 is 12.0 Å². The Morgan fingerprint density at radius 2 is 1.81 bits per heavy atom. The van der Waals surface area contributed by atoms with Crippen LogP contribution in [-0.4, -0.2) is 58.0 Å². The summed E-state index contributed by atoms with van der Waals surface area (Å²) in [4.78, 5) is 22.8. The highest BCUT2D eigenvalue weighted by Gasteiger charge is 2.29. The molecule has 8 nitrogen and oxygen atoms in total. The lowest BCUT2D eigenvalue weighted by Gasteiger charge is -2.31. The van der Waals surface area contributed by atoms with E-state index in [1.165, 1.54) is 11.4 Å². The molecule has 1 aliphatic rings. The summed E-state index contributed by atoms with van der Waals surface area (Å²) in [7, 11) is -2.17. The monoisotopic (exact) mass is 383 g/mol. The minimum atomic E-state index is -3.43. The van der Waals surface area contributed by atoms with Gasteiger partial charge in [-0.15, -0.1) is 0 Å². The minimum Gasteiger partial charge on any atom is -0.468 e. The molecular formula is C17H25N3O5S. The lowest BCUT2D eigenvalue weighted by Crippen LogP contribution is -2.41. The molecule has 2 N–H and O–H groups in total. The van der Waals surface area contributed by atoms with Gasteiger partial charge in [-0.25, -0.2) is 13.2 Å². The Kier molecular flexibility index (Phi) is 7.40. The van der Waals surface area contributed by atoms with E-state index in [1.807, 2.05) is 0 Å². The highest BCUT2D eigenvalue weighted by molar-refractivity contribution is 7.89. The number of piperidine rings is 1. The fraction of sp³-hybridized carbons (Fsp3) is 0.529. The van der Waals surface area contributed by atoms with Crippen molar-refractivity contribution in [3.05, 3.63) is 30.3 Å². The van der Waals surface area contributed by atoms with E-state index < -0.39 is 22.0 Å². The van der Waals surface area contributed by atoms with Crippen LogP contribution in [0.5, 0.6) is 0 Å². The van der Waals surface area contributed by atoms with E-state index in [0.29, 0.717) is 30.4 Å². The molecule has 1 fully saturated rings. The molecule has 0 radical (unpaired) electrons. The number of carbonyl (C=O) groups is 2. The topological polar surface area (TPSA) is 105 Å². The van der Waals surface area contributed by atoms with Crippen molar-refractivity contribution in [2.24, 2.45) is 5.92 Å². The van der Waals surface area contributed by atoms with Gasteiger partial charge in [0.2, 0.25) is 10.0 Å². The molecule has 1 heterocycles. The zero-order chi connectivity index (χ0) is 19.0. The zero-order valence-electron chi connectivity index (χ0n) is 14.8. The quantitative estimate of drug-likeness (QED) is 0.682. The van der Waals surface area contributed by atoms with Crippen LogP contribution in [0.25, 0.3) is 0 Å². The number of nitrogens with zero attached hydrogens (tertiary/aromatic N) is 1. The summed E-state index contributed by atoms with van der Waals surface area (Å²) in [6, 6.07) is 8.03. The van der Waals surface area contributed by atoms with Crippen LogP contribution in [0.15, 0.2) is 35.2 Å². The second-order valence-electron chi connectivity index (χ2n) is 6.13. The highest BCUT2D eigenvalue weighted by Crippen LogP contribution is 2.25. The third-order valence-corrected chi connectivity index (χ3v) is 6.33. The third-order valence-electron chi connectivity index (χ3n) is 4.41. The first-order chi connectivity index (χ1) is 12.4. The maximum absolute atomic E-state index is 12.6. The van der Waals surface area contributed by atoms with Crippen LogP contribution in [-0.2, 0) is 19.6 Å². The maximum Gasteiger partial charge on any atom is 0.325 e. The van der Waals surface area contributed by atoms with Crippen LogP contribution in [0.4, 0.5) is 4.79 Å². The van der Waals surface area contributed by atoms with Crippen molar-refractivity contribution in [3.8, 4) is 0 Å². The molecule has 0 aliphatic carbocycles. The number of nitrogens with one attached hydrogen (secondary N) is 2. The second kappa shape index (κ2) is 9.54. The van der Waals surface area contributed by atoms with Crippen molar-refractivity contribution in [1.82, 2.24) is 14.9 Å². The molecule has 9 heteroatoms. The molecule has 2 amide bonds. The van der Waals surface area contributed by atoms with E-state index in [-0.39, 0.29) is 6.54 Å². The SMILES string of the molecule is COC(=O)CNC(=O)NCCC1CCN(S(=O)(=O)c2ccccc2)CC1. The Morgan fingerprint density at radius 1 is 1.15 bits per heavy atom. The molecule has 0 unspecified atom stereocenters. The summed E-state index contributed by atoms with van der Waals surface area (Å²) < 4.78 is 31.1. The van der Waals surface area contributed by atoms with Crippen LogP contribution in [0.3, 0.4) is 0 Å². The van der Waals surface area contributed by atoms with Crippen molar-refractivity contribution in [1.29, 1.82) is 0 Å². The van der Waals surface area contributed by atoms with Crippen LogP contribution >= 0.6 is 0 Å². The Bertz CT molecular complexity index is 700. The third kappa shape index (κ3) is 5.70. The van der Waals surface area contributed by atoms with Gasteiger partial charge in [-0.05, 0) is 37.3 Å². The fourth-order valence-electron chi connectivity index (χ4n) is 2.86. The van der Waals surface area contributed by atoms with Gasteiger partial charge < -0.3 is 15.4 Å². The van der Waals surface area contributed by atoms with Crippen molar-refractivity contribution in [2.75, 3.05) is 33.3 Å². The molecule has 0 saturated carbocycles. The first-order valence-electron chi connectivity index (χ1n) is 8.57. The van der Waals surface area contributed by atoms with Gasteiger partial charge in [-0.3, -0.25) is 4.79 Å². The van der Waals surface area contributed by atoms with E-state index in [9.17, 15) is 18.0 Å². The smallest absolute Gasteiger partial charge is 0.325 e. The first kappa shape index (κ1) is 20.2. The van der Waals surface area contributed by atoms with Crippen molar-refractivity contribution in [2.45, 2.75) is 24.2 Å². The Balaban J connectivity index is 1.70. The van der Waals surface area contributed by atoms with Crippen molar-refractivity contribution < 1.29 is 22.7 Å². The highest BCUT2D eigenvalue weighted by atomic mass is 32.2. The van der Waals surface area contributed by atoms with Crippen molar-refractivity contribution >= 4 is 22.0 Å². The fourth-order valence-corrected chi connectivity index (χ4v) is 4.35. The van der Waals surface area contributed by atoms with E-state index in [4.69, 9.17) is 0 Å². The molecule has 1 aromatic carbocycles. The molecule has 0 spiro atoms. The molecule has 2 rings (SSSR count). The van der Waals surface area contributed by atoms with Gasteiger partial charge in [-0.2, -0.15) is 4.31 Å². The number of esters is 1. The van der Waals surface area contributed by atoms with Crippen molar-refractivity contribution in [3.63, 3.8) is 0 Å². The molecule has 1 aromatic rings. The summed E-state index contributed by atoms with van der Waals surface area (Å²) >= 11 is 0. The Hall–Kier alpha value is -2.13. The standard InChI is InChI=1S/C17H25N3O5S/c1-25-16(21)13-19-17(22)18-10-7-14-8-11-20(12-9-14)26(23,24)15-5-3-2-4-6-15/h2-6,14H,7-13H2,1H3,(H2,18,19,22). The van der Waals surface area contributed by atoms with Crippen LogP contribution < -0.4 is 10.6 Å². The number of amides is 2. The molecule has 0 aromatic heterocycles. The van der Waals surface area contributed by atoms with Gasteiger partial charge in [0, 0.05) is 19.6 Å². The summed E-state index contributed by atoms with van der Waals surface area (Å²) in [5.41, 5.74) is 0. The summed E-state index contributed by atoms with van der Waals surface area (Å²) in [5, 5.41) is 5.09. The van der Waals surface area contributed by atoms with E-state index in [1.54, 1.807) is 30.3 Å². The number of hydrogen-bond donors (Lipinski definition) is 2. The summed E-state index contributed by atoms with van der Waals surface area (Å²) in [6.07, 6.45) is 2.29. The first-order valence-corrected chi connectivity index (χ1v) is 10.0. The molecule has 1 aliphatic heterocycles. The number of rotatable bonds is 7. The minimum absolute atomic E-state index is 0.169. The van der Waals surface area contributed by atoms with E-state index in [2.05, 4.69) is 15.4 Å². The van der Waals surface area contributed by atoms with Crippen LogP contribution in [0.2, 0.25) is 0 Å². The van der Waals surface area contributed by atoms with E-state index >= 15 is 0 Å². The summed E-state index contributed by atoms with van der Waals surface area (Å²) in [6.45, 7) is 1.27. The predicted molar refractivity (Wildman–Crippen MR) is 96.0 cm³/mol. The van der Waals surface area contributed by atoms with Gasteiger partial charge in [0.25, 0.3) is 0 Å². The molecule has 26 heavy (non-hydrogen) atoms. The van der Waals surface area contributed by atoms with Gasteiger partial charge in [-0.1, -0.05) is 18.2 Å². The number of ether oxygens (including phenoxy) is 1.